The van der Waals surface area contributed by atoms with E-state index in [9.17, 15) is 19.2 Å². The molecular formula is C20H19NO5. The first-order chi connectivity index (χ1) is 12.5. The zero-order valence-corrected chi connectivity index (χ0v) is 14.3. The van der Waals surface area contributed by atoms with E-state index in [1.807, 2.05) is 12.2 Å². The van der Waals surface area contributed by atoms with Crippen LogP contribution in [-0.2, 0) is 19.1 Å². The molecule has 4 rings (SSSR count). The van der Waals surface area contributed by atoms with Gasteiger partial charge >= 0.3 is 5.97 Å². The van der Waals surface area contributed by atoms with E-state index in [4.69, 9.17) is 4.74 Å². The van der Waals surface area contributed by atoms with Crippen LogP contribution in [0.3, 0.4) is 0 Å². The summed E-state index contributed by atoms with van der Waals surface area (Å²) in [6.07, 6.45) is 4.84. The minimum absolute atomic E-state index is 0.0920. The molecule has 2 bridgehead atoms. The zero-order valence-electron chi connectivity index (χ0n) is 14.3. The lowest BCUT2D eigenvalue weighted by Gasteiger charge is -2.23. The number of esters is 1. The van der Waals surface area contributed by atoms with Gasteiger partial charge in [0.05, 0.1) is 11.8 Å². The van der Waals surface area contributed by atoms with Crippen molar-refractivity contribution in [3.05, 3.63) is 48.0 Å². The van der Waals surface area contributed by atoms with Crippen LogP contribution in [0.5, 0.6) is 0 Å². The van der Waals surface area contributed by atoms with E-state index in [0.717, 1.165) is 11.3 Å². The van der Waals surface area contributed by atoms with Gasteiger partial charge < -0.3 is 4.74 Å². The van der Waals surface area contributed by atoms with Crippen molar-refractivity contribution in [1.29, 1.82) is 0 Å². The fourth-order valence-electron chi connectivity index (χ4n) is 4.38. The molecule has 1 aliphatic heterocycles. The number of ketones is 1. The molecule has 134 valence electrons. The van der Waals surface area contributed by atoms with Crippen molar-refractivity contribution < 1.29 is 23.9 Å². The minimum Gasteiger partial charge on any atom is -0.456 e. The number of ether oxygens (including phenoxy) is 1. The molecule has 1 aromatic carbocycles. The number of likely N-dealkylation sites (tertiary alicyclic amines) is 1. The molecule has 1 saturated carbocycles. The first kappa shape index (κ1) is 16.7. The Labute approximate surface area is 150 Å². The zero-order chi connectivity index (χ0) is 18.4. The van der Waals surface area contributed by atoms with Crippen LogP contribution in [0.2, 0.25) is 0 Å². The topological polar surface area (TPSA) is 80.8 Å². The minimum atomic E-state index is -1.02. The number of amides is 2. The van der Waals surface area contributed by atoms with Gasteiger partial charge in [-0.1, -0.05) is 42.5 Å². The van der Waals surface area contributed by atoms with Crippen LogP contribution in [0.15, 0.2) is 42.5 Å². The fourth-order valence-corrected chi connectivity index (χ4v) is 4.38. The lowest BCUT2D eigenvalue weighted by atomic mass is 9.85. The summed E-state index contributed by atoms with van der Waals surface area (Å²) in [6, 6.07) is 7.48. The van der Waals surface area contributed by atoms with Gasteiger partial charge in [-0.3, -0.25) is 19.3 Å². The summed E-state index contributed by atoms with van der Waals surface area (Å²) in [5.74, 6) is -2.17. The lowest BCUT2D eigenvalue weighted by molar-refractivity contribution is -0.157. The third-order valence-electron chi connectivity index (χ3n) is 5.67. The quantitative estimate of drug-likeness (QED) is 0.348. The molecule has 1 saturated heterocycles. The van der Waals surface area contributed by atoms with E-state index in [2.05, 4.69) is 0 Å². The molecule has 2 fully saturated rings. The molecule has 0 spiro atoms. The molecule has 0 N–H and O–H groups in total. The predicted molar refractivity (Wildman–Crippen MR) is 90.8 cm³/mol. The second-order valence-electron chi connectivity index (χ2n) is 7.12. The van der Waals surface area contributed by atoms with Crippen LogP contribution in [0.4, 0.5) is 0 Å². The molecule has 5 atom stereocenters. The number of allylic oxidation sites excluding steroid dienone is 2. The highest BCUT2D eigenvalue weighted by molar-refractivity contribution is 6.09. The number of imide groups is 1. The summed E-state index contributed by atoms with van der Waals surface area (Å²) in [4.78, 5) is 50.8. The van der Waals surface area contributed by atoms with Crippen LogP contribution >= 0.6 is 0 Å². The average Bonchev–Trinajstić information content (AvgIpc) is 3.33. The number of carbonyl (C=O) groups excluding carboxylic acids is 4. The number of hydrogen-bond acceptors (Lipinski definition) is 5. The van der Waals surface area contributed by atoms with Crippen molar-refractivity contribution in [1.82, 2.24) is 4.90 Å². The Bertz CT molecular complexity index is 785. The predicted octanol–water partition coefficient (Wildman–Crippen LogP) is 1.61. The number of hydrogen-bond donors (Lipinski definition) is 0. The maximum absolute atomic E-state index is 12.7. The summed E-state index contributed by atoms with van der Waals surface area (Å²) < 4.78 is 5.07. The summed E-state index contributed by atoms with van der Waals surface area (Å²) in [5.41, 5.74) is 0.443. The number of rotatable bonds is 5. The normalized spacial score (nSPS) is 29.8. The van der Waals surface area contributed by atoms with Gasteiger partial charge in [-0.15, -0.1) is 0 Å². The Morgan fingerprint density at radius 1 is 1.08 bits per heavy atom. The molecule has 2 amide bonds. The van der Waals surface area contributed by atoms with Gasteiger partial charge in [-0.05, 0) is 25.2 Å². The number of nitrogens with zero attached hydrogens (tertiary/aromatic N) is 1. The van der Waals surface area contributed by atoms with Gasteiger partial charge in [-0.2, -0.15) is 0 Å². The Kier molecular flexibility index (Phi) is 3.98. The van der Waals surface area contributed by atoms with Crippen molar-refractivity contribution >= 4 is 23.6 Å². The number of carbonyl (C=O) groups is 4. The van der Waals surface area contributed by atoms with Crippen LogP contribution < -0.4 is 0 Å². The van der Waals surface area contributed by atoms with Crippen molar-refractivity contribution in [3.63, 3.8) is 0 Å². The Morgan fingerprint density at radius 3 is 2.23 bits per heavy atom. The maximum Gasteiger partial charge on any atom is 0.329 e. The Hall–Kier alpha value is -2.76. The van der Waals surface area contributed by atoms with Gasteiger partial charge in [0.25, 0.3) is 0 Å². The lowest BCUT2D eigenvalue weighted by Crippen LogP contribution is -2.45. The Balaban J connectivity index is 1.41. The van der Waals surface area contributed by atoms with Crippen LogP contribution in [-0.4, -0.2) is 41.1 Å². The molecule has 6 heteroatoms. The van der Waals surface area contributed by atoms with E-state index in [1.165, 1.54) is 6.92 Å². The average molecular weight is 353 g/mol. The molecule has 0 aromatic heterocycles. The fraction of sp³-hybridized carbons (Fsp3) is 0.400. The highest BCUT2D eigenvalue weighted by atomic mass is 16.5. The van der Waals surface area contributed by atoms with E-state index >= 15 is 0 Å². The van der Waals surface area contributed by atoms with Gasteiger partial charge in [0, 0.05) is 5.56 Å². The molecule has 0 unspecified atom stereocenters. The van der Waals surface area contributed by atoms with Gasteiger partial charge in [0.15, 0.2) is 12.4 Å². The van der Waals surface area contributed by atoms with E-state index in [1.54, 1.807) is 30.3 Å². The first-order valence-corrected chi connectivity index (χ1v) is 8.79. The Morgan fingerprint density at radius 2 is 1.65 bits per heavy atom. The van der Waals surface area contributed by atoms with Crippen molar-refractivity contribution in [2.45, 2.75) is 19.4 Å². The first-order valence-electron chi connectivity index (χ1n) is 8.79. The third kappa shape index (κ3) is 2.48. The summed E-state index contributed by atoms with van der Waals surface area (Å²) in [5, 5.41) is 0. The van der Waals surface area contributed by atoms with Gasteiger partial charge in [-0.25, -0.2) is 4.79 Å². The molecule has 6 nitrogen and oxygen atoms in total. The highest BCUT2D eigenvalue weighted by Crippen LogP contribution is 2.52. The molecule has 1 aromatic rings. The summed E-state index contributed by atoms with van der Waals surface area (Å²) in [6.45, 7) is 1.06. The number of Topliss-reactive ketones (excluding diaryl/α,β-unsaturated/α-hetero) is 1. The highest BCUT2D eigenvalue weighted by Gasteiger charge is 2.60. The van der Waals surface area contributed by atoms with Crippen molar-refractivity contribution in [2.24, 2.45) is 23.7 Å². The number of benzene rings is 1. The van der Waals surface area contributed by atoms with Crippen molar-refractivity contribution in [3.8, 4) is 0 Å². The SMILES string of the molecule is C[C@H](C(=O)OCC(=O)c1ccccc1)N1C(=O)[C@@H]2[C@@H](C1=O)[C@H]1C=C[C@H]2C1. The van der Waals surface area contributed by atoms with Crippen LogP contribution in [0.25, 0.3) is 0 Å². The number of fused-ring (bicyclic) bond motifs is 5. The molecule has 26 heavy (non-hydrogen) atoms. The third-order valence-corrected chi connectivity index (χ3v) is 5.67. The smallest absolute Gasteiger partial charge is 0.329 e. The van der Waals surface area contributed by atoms with Gasteiger partial charge in [0.1, 0.15) is 6.04 Å². The summed E-state index contributed by atoms with van der Waals surface area (Å²) in [7, 11) is 0. The van der Waals surface area contributed by atoms with Crippen LogP contribution in [0.1, 0.15) is 23.7 Å². The standard InChI is InChI=1S/C20H19NO5/c1-11(20(25)26-10-15(22)12-5-3-2-4-6-12)21-18(23)16-13-7-8-14(9-13)17(16)19(21)24/h2-8,11,13-14,16-17H,9-10H2,1H3/t11-,13+,14+,16+,17+/m1/s1. The monoisotopic (exact) mass is 353 g/mol. The molecule has 0 radical (unpaired) electrons. The van der Waals surface area contributed by atoms with Crippen molar-refractivity contribution in [2.75, 3.05) is 6.61 Å². The van der Waals surface area contributed by atoms with E-state index < -0.39 is 18.6 Å². The van der Waals surface area contributed by atoms with Gasteiger partial charge in [0.2, 0.25) is 11.8 Å². The second kappa shape index (κ2) is 6.20. The maximum atomic E-state index is 12.7. The molecule has 3 aliphatic rings. The molecular weight excluding hydrogens is 334 g/mol. The summed E-state index contributed by atoms with van der Waals surface area (Å²) >= 11 is 0. The second-order valence-corrected chi connectivity index (χ2v) is 7.12. The largest absolute Gasteiger partial charge is 0.456 e. The molecule has 2 aliphatic carbocycles. The van der Waals surface area contributed by atoms with Crippen LogP contribution in [0, 0.1) is 23.7 Å². The van der Waals surface area contributed by atoms with E-state index in [-0.39, 0.29) is 41.3 Å². The van der Waals surface area contributed by atoms with E-state index in [0.29, 0.717) is 5.56 Å². The molecule has 1 heterocycles.